The first kappa shape index (κ1) is 9.43. The summed E-state index contributed by atoms with van der Waals surface area (Å²) in [5.41, 5.74) is 2.02. The number of hydrogen-bond donors (Lipinski definition) is 2. The predicted octanol–water partition coefficient (Wildman–Crippen LogP) is 2.06. The molecule has 0 aliphatic rings. The second kappa shape index (κ2) is 3.94. The van der Waals surface area contributed by atoms with Crippen molar-refractivity contribution in [3.8, 4) is 0 Å². The van der Waals surface area contributed by atoms with Crippen molar-refractivity contribution < 1.29 is 5.11 Å². The van der Waals surface area contributed by atoms with E-state index in [0.717, 1.165) is 5.56 Å². The molecule has 0 aliphatic heterocycles. The molecule has 0 saturated carbocycles. The van der Waals surface area contributed by atoms with Crippen molar-refractivity contribution in [1.29, 1.82) is 0 Å². The quantitative estimate of drug-likeness (QED) is 0.811. The first-order valence-corrected chi connectivity index (χ1v) is 5.34. The monoisotopic (exact) mass is 208 g/mol. The third-order valence-corrected chi connectivity index (χ3v) is 3.03. The van der Waals surface area contributed by atoms with Gasteiger partial charge in [0.05, 0.1) is 12.3 Å². The van der Waals surface area contributed by atoms with Gasteiger partial charge in [0.25, 0.3) is 0 Å². The minimum Gasteiger partial charge on any atom is -0.388 e. The fraction of sp³-hybridized carbons (Fsp3) is 0.300. The fourth-order valence-electron chi connectivity index (χ4n) is 1.39. The number of rotatable bonds is 3. The van der Waals surface area contributed by atoms with Gasteiger partial charge in [-0.25, -0.2) is 0 Å². The van der Waals surface area contributed by atoms with Crippen LogP contribution in [0.2, 0.25) is 0 Å². The molecule has 0 spiro atoms. The molecule has 2 N–H and O–H groups in total. The van der Waals surface area contributed by atoms with E-state index in [1.165, 1.54) is 10.4 Å². The normalized spacial score (nSPS) is 13.0. The van der Waals surface area contributed by atoms with E-state index < -0.39 is 6.10 Å². The Morgan fingerprint density at radius 1 is 1.64 bits per heavy atom. The minimum absolute atomic E-state index is 0.456. The zero-order valence-electron chi connectivity index (χ0n) is 7.90. The second-order valence-corrected chi connectivity index (χ2v) is 4.43. The standard InChI is InChI=1S/C10H12N2OS/c1-7-2-8(6-14-7)3-10(13)9-4-11-12-5-9/h2,4-6,10,13H,3H2,1H3,(H,11,12). The summed E-state index contributed by atoms with van der Waals surface area (Å²) >= 11 is 1.71. The van der Waals surface area contributed by atoms with Crippen LogP contribution in [0.3, 0.4) is 0 Å². The molecular weight excluding hydrogens is 196 g/mol. The molecule has 0 aromatic carbocycles. The maximum absolute atomic E-state index is 9.82. The molecule has 0 fully saturated rings. The number of aromatic amines is 1. The largest absolute Gasteiger partial charge is 0.388 e. The number of hydrogen-bond acceptors (Lipinski definition) is 3. The molecule has 74 valence electrons. The summed E-state index contributed by atoms with van der Waals surface area (Å²) in [6.45, 7) is 2.07. The lowest BCUT2D eigenvalue weighted by Crippen LogP contribution is -1.99. The highest BCUT2D eigenvalue weighted by atomic mass is 32.1. The number of aliphatic hydroxyl groups excluding tert-OH is 1. The van der Waals surface area contributed by atoms with E-state index in [1.807, 2.05) is 0 Å². The summed E-state index contributed by atoms with van der Waals surface area (Å²) in [5.74, 6) is 0. The average molecular weight is 208 g/mol. The topological polar surface area (TPSA) is 48.9 Å². The molecule has 14 heavy (non-hydrogen) atoms. The van der Waals surface area contributed by atoms with Gasteiger partial charge in [0.15, 0.2) is 0 Å². The van der Waals surface area contributed by atoms with Gasteiger partial charge in [0.2, 0.25) is 0 Å². The van der Waals surface area contributed by atoms with E-state index in [9.17, 15) is 5.11 Å². The van der Waals surface area contributed by atoms with Crippen LogP contribution in [0.15, 0.2) is 23.8 Å². The lowest BCUT2D eigenvalue weighted by molar-refractivity contribution is 0.178. The highest BCUT2D eigenvalue weighted by molar-refractivity contribution is 7.10. The zero-order valence-corrected chi connectivity index (χ0v) is 8.71. The third-order valence-electron chi connectivity index (χ3n) is 2.12. The van der Waals surface area contributed by atoms with Crippen molar-refractivity contribution >= 4 is 11.3 Å². The van der Waals surface area contributed by atoms with E-state index in [4.69, 9.17) is 0 Å². The highest BCUT2D eigenvalue weighted by Gasteiger charge is 2.09. The van der Waals surface area contributed by atoms with Gasteiger partial charge in [-0.1, -0.05) is 0 Å². The Morgan fingerprint density at radius 2 is 2.50 bits per heavy atom. The zero-order chi connectivity index (χ0) is 9.97. The van der Waals surface area contributed by atoms with E-state index >= 15 is 0 Å². The summed E-state index contributed by atoms with van der Waals surface area (Å²) in [4.78, 5) is 1.28. The Kier molecular flexibility index (Phi) is 2.65. The van der Waals surface area contributed by atoms with Crippen molar-refractivity contribution in [2.24, 2.45) is 0 Å². The van der Waals surface area contributed by atoms with E-state index in [1.54, 1.807) is 23.7 Å². The molecule has 0 amide bonds. The Morgan fingerprint density at radius 3 is 3.07 bits per heavy atom. The van der Waals surface area contributed by atoms with Gasteiger partial charge in [-0.05, 0) is 23.9 Å². The molecule has 0 saturated heterocycles. The number of aliphatic hydroxyl groups is 1. The number of nitrogens with zero attached hydrogens (tertiary/aromatic N) is 1. The van der Waals surface area contributed by atoms with Crippen LogP contribution in [0.5, 0.6) is 0 Å². The molecule has 1 atom stereocenters. The molecular formula is C10H12N2OS. The van der Waals surface area contributed by atoms with Crippen molar-refractivity contribution in [1.82, 2.24) is 10.2 Å². The Labute approximate surface area is 86.4 Å². The fourth-order valence-corrected chi connectivity index (χ4v) is 2.11. The molecule has 1 unspecified atom stereocenters. The molecule has 3 nitrogen and oxygen atoms in total. The van der Waals surface area contributed by atoms with Gasteiger partial charge < -0.3 is 5.11 Å². The third kappa shape index (κ3) is 2.02. The first-order chi connectivity index (χ1) is 6.75. The summed E-state index contributed by atoms with van der Waals surface area (Å²) in [7, 11) is 0. The number of nitrogens with one attached hydrogen (secondary N) is 1. The molecule has 2 rings (SSSR count). The molecule has 0 radical (unpaired) electrons. The van der Waals surface area contributed by atoms with E-state index in [-0.39, 0.29) is 0 Å². The number of aromatic nitrogens is 2. The molecule has 2 aromatic heterocycles. The van der Waals surface area contributed by atoms with Crippen LogP contribution in [0.4, 0.5) is 0 Å². The molecule has 0 bridgehead atoms. The predicted molar refractivity (Wildman–Crippen MR) is 56.3 cm³/mol. The lowest BCUT2D eigenvalue weighted by atomic mass is 10.1. The van der Waals surface area contributed by atoms with Crippen LogP contribution < -0.4 is 0 Å². The molecule has 2 heterocycles. The Bertz CT molecular complexity index is 394. The van der Waals surface area contributed by atoms with Gasteiger partial charge in [0.1, 0.15) is 0 Å². The van der Waals surface area contributed by atoms with Gasteiger partial charge in [0, 0.05) is 23.1 Å². The maximum atomic E-state index is 9.82. The van der Waals surface area contributed by atoms with Gasteiger partial charge >= 0.3 is 0 Å². The van der Waals surface area contributed by atoms with Gasteiger partial charge in [-0.15, -0.1) is 11.3 Å². The second-order valence-electron chi connectivity index (χ2n) is 3.32. The first-order valence-electron chi connectivity index (χ1n) is 4.46. The van der Waals surface area contributed by atoms with Crippen molar-refractivity contribution in [2.45, 2.75) is 19.4 Å². The van der Waals surface area contributed by atoms with Crippen LogP contribution >= 0.6 is 11.3 Å². The van der Waals surface area contributed by atoms with Crippen molar-refractivity contribution in [3.63, 3.8) is 0 Å². The summed E-state index contributed by atoms with van der Waals surface area (Å²) in [5, 5.41) is 18.4. The van der Waals surface area contributed by atoms with Crippen LogP contribution in [0.25, 0.3) is 0 Å². The molecule has 2 aromatic rings. The van der Waals surface area contributed by atoms with Crippen LogP contribution in [-0.2, 0) is 6.42 Å². The van der Waals surface area contributed by atoms with E-state index in [2.05, 4.69) is 28.6 Å². The Balaban J connectivity index is 2.05. The maximum Gasteiger partial charge on any atom is 0.0861 e. The van der Waals surface area contributed by atoms with Crippen LogP contribution in [-0.4, -0.2) is 15.3 Å². The van der Waals surface area contributed by atoms with Gasteiger partial charge in [-0.2, -0.15) is 5.10 Å². The smallest absolute Gasteiger partial charge is 0.0861 e. The van der Waals surface area contributed by atoms with E-state index in [0.29, 0.717) is 6.42 Å². The van der Waals surface area contributed by atoms with Crippen molar-refractivity contribution in [2.75, 3.05) is 0 Å². The minimum atomic E-state index is -0.456. The SMILES string of the molecule is Cc1cc(CC(O)c2cn[nH]c2)cs1. The van der Waals surface area contributed by atoms with Crippen LogP contribution in [0.1, 0.15) is 22.1 Å². The number of thiophene rings is 1. The Hall–Kier alpha value is -1.13. The molecule has 0 aliphatic carbocycles. The average Bonchev–Trinajstić information content (AvgIpc) is 2.75. The van der Waals surface area contributed by atoms with Crippen LogP contribution in [0, 0.1) is 6.92 Å². The van der Waals surface area contributed by atoms with Crippen molar-refractivity contribution in [3.05, 3.63) is 39.8 Å². The summed E-state index contributed by atoms with van der Waals surface area (Å²) in [6, 6.07) is 2.11. The summed E-state index contributed by atoms with van der Waals surface area (Å²) < 4.78 is 0. The molecule has 4 heteroatoms. The number of H-pyrrole nitrogens is 1. The highest BCUT2D eigenvalue weighted by Crippen LogP contribution is 2.20. The number of aryl methyl sites for hydroxylation is 1. The lowest BCUT2D eigenvalue weighted by Gasteiger charge is -2.05. The summed E-state index contributed by atoms with van der Waals surface area (Å²) in [6.07, 6.45) is 3.58. The van der Waals surface area contributed by atoms with Gasteiger partial charge in [-0.3, -0.25) is 5.10 Å².